The molecule has 1 saturated heterocycles. The first-order chi connectivity index (χ1) is 8.28. The number of nitrogens with two attached hydrogens (primary N) is 1. The number of anilines is 1. The van der Waals surface area contributed by atoms with E-state index >= 15 is 0 Å². The van der Waals surface area contributed by atoms with Crippen molar-refractivity contribution in [3.63, 3.8) is 0 Å². The molecule has 1 aliphatic heterocycles. The molecule has 17 heavy (non-hydrogen) atoms. The highest BCUT2D eigenvalue weighted by Crippen LogP contribution is 2.13. The van der Waals surface area contributed by atoms with Gasteiger partial charge in [0.1, 0.15) is 0 Å². The third-order valence-corrected chi connectivity index (χ3v) is 3.24. The first-order valence-electron chi connectivity index (χ1n) is 6.40. The highest BCUT2D eigenvalue weighted by molar-refractivity contribution is 5.30. The summed E-state index contributed by atoms with van der Waals surface area (Å²) in [6.45, 7) is 7.10. The Morgan fingerprint density at radius 3 is 2.76 bits per heavy atom. The first kappa shape index (κ1) is 12.4. The van der Waals surface area contributed by atoms with Crippen LogP contribution in [-0.4, -0.2) is 47.0 Å². The lowest BCUT2D eigenvalue weighted by atomic mass is 10.1. The molecule has 0 saturated carbocycles. The van der Waals surface area contributed by atoms with Gasteiger partial charge in [0.2, 0.25) is 0 Å². The number of rotatable bonds is 5. The lowest BCUT2D eigenvalue weighted by molar-refractivity contribution is 0.0135. The van der Waals surface area contributed by atoms with Crippen molar-refractivity contribution in [2.24, 2.45) is 0 Å². The minimum atomic E-state index is 0.469. The molecule has 2 N–H and O–H groups in total. The second-order valence-electron chi connectivity index (χ2n) is 4.53. The van der Waals surface area contributed by atoms with Crippen molar-refractivity contribution in [2.75, 3.05) is 32.0 Å². The van der Waals surface area contributed by atoms with Crippen LogP contribution in [0.4, 0.5) is 5.69 Å². The van der Waals surface area contributed by atoms with E-state index in [1.165, 1.54) is 0 Å². The topological polar surface area (TPSA) is 56.3 Å². The molecule has 0 radical (unpaired) electrons. The Morgan fingerprint density at radius 2 is 2.18 bits per heavy atom. The van der Waals surface area contributed by atoms with Gasteiger partial charge in [0.25, 0.3) is 0 Å². The van der Waals surface area contributed by atoms with Crippen molar-refractivity contribution < 1.29 is 4.74 Å². The van der Waals surface area contributed by atoms with Gasteiger partial charge in [0.15, 0.2) is 0 Å². The fourth-order valence-electron chi connectivity index (χ4n) is 2.28. The molecule has 0 aliphatic carbocycles. The molecule has 2 heterocycles. The molecule has 1 aromatic rings. The monoisotopic (exact) mass is 238 g/mol. The zero-order valence-electron chi connectivity index (χ0n) is 10.5. The van der Waals surface area contributed by atoms with Crippen molar-refractivity contribution in [3.05, 3.63) is 12.4 Å². The zero-order chi connectivity index (χ0) is 12.1. The van der Waals surface area contributed by atoms with Crippen molar-refractivity contribution in [1.29, 1.82) is 0 Å². The molecule has 0 aromatic carbocycles. The molecule has 0 atom stereocenters. The van der Waals surface area contributed by atoms with E-state index in [0.717, 1.165) is 51.3 Å². The average Bonchev–Trinajstić information content (AvgIpc) is 2.75. The largest absolute Gasteiger partial charge is 0.396 e. The fourth-order valence-corrected chi connectivity index (χ4v) is 2.28. The third-order valence-electron chi connectivity index (χ3n) is 3.24. The van der Waals surface area contributed by atoms with E-state index in [1.54, 1.807) is 6.20 Å². The lowest BCUT2D eigenvalue weighted by Crippen LogP contribution is -2.38. The summed E-state index contributed by atoms with van der Waals surface area (Å²) in [5.41, 5.74) is 6.36. The van der Waals surface area contributed by atoms with Crippen LogP contribution in [0.25, 0.3) is 0 Å². The summed E-state index contributed by atoms with van der Waals surface area (Å²) < 4.78 is 7.54. The van der Waals surface area contributed by atoms with Gasteiger partial charge in [-0.15, -0.1) is 0 Å². The van der Waals surface area contributed by atoms with Gasteiger partial charge in [0.05, 0.1) is 24.5 Å². The number of piperidine rings is 1. The van der Waals surface area contributed by atoms with Gasteiger partial charge < -0.3 is 15.4 Å². The Balaban J connectivity index is 1.68. The maximum Gasteiger partial charge on any atom is 0.0719 e. The summed E-state index contributed by atoms with van der Waals surface area (Å²) in [5, 5.41) is 4.18. The predicted molar refractivity (Wildman–Crippen MR) is 67.7 cm³/mol. The summed E-state index contributed by atoms with van der Waals surface area (Å²) in [7, 11) is 0. The van der Waals surface area contributed by atoms with E-state index in [9.17, 15) is 0 Å². The minimum Gasteiger partial charge on any atom is -0.396 e. The Kier molecular flexibility index (Phi) is 4.39. The molecule has 96 valence electrons. The standard InChI is InChI=1S/C12H22N4O/c1-2-17-12-3-5-15(6-4-12)7-8-16-10-11(13)9-14-16/h9-10,12H,2-8,13H2,1H3. The second-order valence-corrected chi connectivity index (χ2v) is 4.53. The van der Waals surface area contributed by atoms with Gasteiger partial charge in [-0.3, -0.25) is 4.68 Å². The van der Waals surface area contributed by atoms with E-state index in [2.05, 4.69) is 16.9 Å². The van der Waals surface area contributed by atoms with Crippen LogP contribution in [0.2, 0.25) is 0 Å². The molecular formula is C12H22N4O. The van der Waals surface area contributed by atoms with Gasteiger partial charge >= 0.3 is 0 Å². The molecule has 0 unspecified atom stereocenters. The Hall–Kier alpha value is -1.07. The zero-order valence-corrected chi connectivity index (χ0v) is 10.5. The summed E-state index contributed by atoms with van der Waals surface area (Å²) in [4.78, 5) is 2.47. The SMILES string of the molecule is CCOC1CCN(CCn2cc(N)cn2)CC1. The van der Waals surface area contributed by atoms with Crippen LogP contribution in [0.1, 0.15) is 19.8 Å². The molecule has 1 fully saturated rings. The third kappa shape index (κ3) is 3.71. The molecule has 0 spiro atoms. The number of nitrogen functional groups attached to an aromatic ring is 1. The maximum absolute atomic E-state index is 5.64. The molecule has 0 bridgehead atoms. The van der Waals surface area contributed by atoms with Gasteiger partial charge in [-0.1, -0.05) is 0 Å². The average molecular weight is 238 g/mol. The van der Waals surface area contributed by atoms with Crippen LogP contribution in [-0.2, 0) is 11.3 Å². The fraction of sp³-hybridized carbons (Fsp3) is 0.750. The molecule has 5 heteroatoms. The number of hydrogen-bond acceptors (Lipinski definition) is 4. The van der Waals surface area contributed by atoms with Crippen molar-refractivity contribution in [2.45, 2.75) is 32.4 Å². The molecule has 2 rings (SSSR count). The summed E-state index contributed by atoms with van der Waals surface area (Å²) in [6, 6.07) is 0. The van der Waals surface area contributed by atoms with Crippen LogP contribution in [0.3, 0.4) is 0 Å². The summed E-state index contributed by atoms with van der Waals surface area (Å²) in [5.74, 6) is 0. The van der Waals surface area contributed by atoms with E-state index in [0.29, 0.717) is 6.10 Å². The normalized spacial score (nSPS) is 18.6. The van der Waals surface area contributed by atoms with Gasteiger partial charge in [-0.05, 0) is 19.8 Å². The number of aromatic nitrogens is 2. The number of hydrogen-bond donors (Lipinski definition) is 1. The van der Waals surface area contributed by atoms with E-state index in [-0.39, 0.29) is 0 Å². The van der Waals surface area contributed by atoms with Gasteiger partial charge in [0, 0.05) is 32.4 Å². The quantitative estimate of drug-likeness (QED) is 0.830. The lowest BCUT2D eigenvalue weighted by Gasteiger charge is -2.31. The van der Waals surface area contributed by atoms with Crippen LogP contribution in [0.5, 0.6) is 0 Å². The highest BCUT2D eigenvalue weighted by Gasteiger charge is 2.18. The van der Waals surface area contributed by atoms with Gasteiger partial charge in [-0.2, -0.15) is 5.10 Å². The van der Waals surface area contributed by atoms with Crippen LogP contribution in [0.15, 0.2) is 12.4 Å². The molecular weight excluding hydrogens is 216 g/mol. The number of ether oxygens (including phenoxy) is 1. The second kappa shape index (κ2) is 6.02. The number of nitrogens with zero attached hydrogens (tertiary/aromatic N) is 3. The number of likely N-dealkylation sites (tertiary alicyclic amines) is 1. The van der Waals surface area contributed by atoms with Crippen LogP contribution in [0, 0.1) is 0 Å². The summed E-state index contributed by atoms with van der Waals surface area (Å²) in [6.07, 6.45) is 6.34. The van der Waals surface area contributed by atoms with Gasteiger partial charge in [-0.25, -0.2) is 0 Å². The Labute approximate surface area is 103 Å². The van der Waals surface area contributed by atoms with Crippen molar-refractivity contribution in [1.82, 2.24) is 14.7 Å². The minimum absolute atomic E-state index is 0.469. The molecule has 1 aliphatic rings. The van der Waals surface area contributed by atoms with Crippen LogP contribution >= 0.6 is 0 Å². The maximum atomic E-state index is 5.64. The van der Waals surface area contributed by atoms with E-state index in [4.69, 9.17) is 10.5 Å². The Morgan fingerprint density at radius 1 is 1.41 bits per heavy atom. The van der Waals surface area contributed by atoms with E-state index < -0.39 is 0 Å². The van der Waals surface area contributed by atoms with E-state index in [1.807, 2.05) is 10.9 Å². The first-order valence-corrected chi connectivity index (χ1v) is 6.40. The molecule has 0 amide bonds. The molecule has 5 nitrogen and oxygen atoms in total. The predicted octanol–water partition coefficient (Wildman–Crippen LogP) is 0.966. The highest BCUT2D eigenvalue weighted by atomic mass is 16.5. The van der Waals surface area contributed by atoms with Crippen molar-refractivity contribution >= 4 is 5.69 Å². The van der Waals surface area contributed by atoms with Crippen molar-refractivity contribution in [3.8, 4) is 0 Å². The smallest absolute Gasteiger partial charge is 0.0719 e. The Bertz CT molecular complexity index is 331. The van der Waals surface area contributed by atoms with Crippen LogP contribution < -0.4 is 5.73 Å². The summed E-state index contributed by atoms with van der Waals surface area (Å²) >= 11 is 0. The molecule has 1 aromatic heterocycles.